The topological polar surface area (TPSA) is 83.8 Å². The lowest BCUT2D eigenvalue weighted by Crippen LogP contribution is -2.34. The number of hydrogen-bond acceptors (Lipinski definition) is 3. The third-order valence-corrected chi connectivity index (χ3v) is 4.25. The van der Waals surface area contributed by atoms with E-state index in [1.54, 1.807) is 0 Å². The fourth-order valence-corrected chi connectivity index (χ4v) is 2.76. The van der Waals surface area contributed by atoms with E-state index in [1.807, 2.05) is 0 Å². The van der Waals surface area contributed by atoms with Gasteiger partial charge < -0.3 is 11.1 Å². The molecular weight excluding hydrogens is 252 g/mol. The first-order chi connectivity index (χ1) is 9.41. The van der Waals surface area contributed by atoms with Crippen LogP contribution in [0.15, 0.2) is 0 Å². The van der Waals surface area contributed by atoms with Gasteiger partial charge in [0.25, 0.3) is 5.91 Å². The molecule has 0 aliphatic heterocycles. The Hall–Kier alpha value is -1.52. The number of H-pyrrole nitrogens is 1. The minimum absolute atomic E-state index is 0.169. The quantitative estimate of drug-likeness (QED) is 0.747. The second-order valence-electron chi connectivity index (χ2n) is 6.54. The molecule has 1 aliphatic carbocycles. The van der Waals surface area contributed by atoms with E-state index >= 15 is 0 Å². The lowest BCUT2D eigenvalue weighted by molar-refractivity contribution is 0.0933. The lowest BCUT2D eigenvalue weighted by atomic mass is 9.85. The molecule has 112 valence electrons. The fourth-order valence-electron chi connectivity index (χ4n) is 2.76. The molecular formula is C15H26N4O. The van der Waals surface area contributed by atoms with E-state index in [2.05, 4.69) is 43.2 Å². The number of amides is 1. The molecule has 4 N–H and O–H groups in total. The molecule has 20 heavy (non-hydrogen) atoms. The summed E-state index contributed by atoms with van der Waals surface area (Å²) in [4.78, 5) is 12.2. The number of nitrogen functional groups attached to an aromatic ring is 1. The maximum atomic E-state index is 12.2. The molecule has 5 nitrogen and oxygen atoms in total. The summed E-state index contributed by atoms with van der Waals surface area (Å²) in [5, 5.41) is 9.97. The summed E-state index contributed by atoms with van der Waals surface area (Å²) in [6.45, 7) is 9.41. The maximum absolute atomic E-state index is 12.2. The number of nitrogens with two attached hydrogens (primary N) is 1. The molecule has 1 amide bonds. The summed E-state index contributed by atoms with van der Waals surface area (Å²) < 4.78 is 0. The minimum Gasteiger partial charge on any atom is -0.395 e. The Morgan fingerprint density at radius 1 is 1.35 bits per heavy atom. The Bertz CT molecular complexity index is 466. The van der Waals surface area contributed by atoms with Crippen molar-refractivity contribution in [2.75, 3.05) is 12.3 Å². The maximum Gasteiger partial charge on any atom is 0.273 e. The Balaban J connectivity index is 1.98. The standard InChI is InChI=1S/C15H26N4O/c1-8(2)11(9(3)4)7-17-15(20)14-12(16)13(18-19-14)10-5-6-10/h8-11H,5-7,16H2,1-4H3,(H,17,20)(H,18,19). The van der Waals surface area contributed by atoms with Gasteiger partial charge in [-0.2, -0.15) is 5.10 Å². The van der Waals surface area contributed by atoms with Gasteiger partial charge in [-0.3, -0.25) is 9.89 Å². The highest BCUT2D eigenvalue weighted by Crippen LogP contribution is 2.42. The lowest BCUT2D eigenvalue weighted by Gasteiger charge is -2.24. The summed E-state index contributed by atoms with van der Waals surface area (Å²) in [6, 6.07) is 0. The monoisotopic (exact) mass is 278 g/mol. The van der Waals surface area contributed by atoms with Gasteiger partial charge in [0.05, 0.1) is 11.4 Å². The normalized spacial score (nSPS) is 15.3. The predicted molar refractivity (Wildman–Crippen MR) is 80.5 cm³/mol. The predicted octanol–water partition coefficient (Wildman–Crippen LogP) is 2.53. The second kappa shape index (κ2) is 5.85. The Morgan fingerprint density at radius 2 is 1.95 bits per heavy atom. The fraction of sp³-hybridized carbons (Fsp3) is 0.733. The average Bonchev–Trinajstić information content (AvgIpc) is 3.12. The largest absolute Gasteiger partial charge is 0.395 e. The SMILES string of the molecule is CC(C)C(CNC(=O)c1n[nH]c(C2CC2)c1N)C(C)C. The van der Waals surface area contributed by atoms with Gasteiger partial charge in [-0.05, 0) is 30.6 Å². The van der Waals surface area contributed by atoms with E-state index in [4.69, 9.17) is 5.73 Å². The van der Waals surface area contributed by atoms with Crippen molar-refractivity contribution in [1.82, 2.24) is 15.5 Å². The number of aromatic amines is 1. The van der Waals surface area contributed by atoms with Crippen LogP contribution in [-0.2, 0) is 0 Å². The number of aromatic nitrogens is 2. The van der Waals surface area contributed by atoms with Crippen molar-refractivity contribution in [2.24, 2.45) is 17.8 Å². The molecule has 5 heteroatoms. The number of nitrogens with zero attached hydrogens (tertiary/aromatic N) is 1. The molecule has 0 unspecified atom stereocenters. The van der Waals surface area contributed by atoms with E-state index in [-0.39, 0.29) is 5.91 Å². The van der Waals surface area contributed by atoms with Crippen LogP contribution in [0.1, 0.15) is 62.6 Å². The highest BCUT2D eigenvalue weighted by Gasteiger charge is 2.30. The van der Waals surface area contributed by atoms with Crippen LogP contribution in [0.25, 0.3) is 0 Å². The third-order valence-electron chi connectivity index (χ3n) is 4.25. The van der Waals surface area contributed by atoms with Crippen LogP contribution in [0, 0.1) is 17.8 Å². The first kappa shape index (κ1) is 14.9. The molecule has 0 saturated heterocycles. The first-order valence-electron chi connectivity index (χ1n) is 7.53. The van der Waals surface area contributed by atoms with E-state index < -0.39 is 0 Å². The molecule has 0 radical (unpaired) electrons. The average molecular weight is 278 g/mol. The Labute approximate surface area is 120 Å². The number of rotatable bonds is 6. The van der Waals surface area contributed by atoms with E-state index in [0.717, 1.165) is 18.5 Å². The Morgan fingerprint density at radius 3 is 2.45 bits per heavy atom. The van der Waals surface area contributed by atoms with Gasteiger partial charge >= 0.3 is 0 Å². The molecule has 1 aliphatic rings. The third kappa shape index (κ3) is 3.14. The first-order valence-corrected chi connectivity index (χ1v) is 7.53. The molecule has 1 saturated carbocycles. The van der Waals surface area contributed by atoms with Crippen molar-refractivity contribution in [3.05, 3.63) is 11.4 Å². The van der Waals surface area contributed by atoms with Gasteiger partial charge in [-0.15, -0.1) is 0 Å². The number of carbonyl (C=O) groups is 1. The van der Waals surface area contributed by atoms with Crippen LogP contribution in [0.5, 0.6) is 0 Å². The van der Waals surface area contributed by atoms with Crippen molar-refractivity contribution in [2.45, 2.75) is 46.5 Å². The molecule has 1 fully saturated rings. The zero-order valence-electron chi connectivity index (χ0n) is 12.9. The number of carbonyl (C=O) groups excluding carboxylic acids is 1. The van der Waals surface area contributed by atoms with Crippen LogP contribution in [0.4, 0.5) is 5.69 Å². The van der Waals surface area contributed by atoms with Crippen LogP contribution >= 0.6 is 0 Å². The number of hydrogen-bond donors (Lipinski definition) is 3. The van der Waals surface area contributed by atoms with Gasteiger partial charge in [0, 0.05) is 12.5 Å². The smallest absolute Gasteiger partial charge is 0.273 e. The van der Waals surface area contributed by atoms with Gasteiger partial charge in [-0.25, -0.2) is 0 Å². The molecule has 0 aromatic carbocycles. The molecule has 0 atom stereocenters. The number of anilines is 1. The summed E-state index contributed by atoms with van der Waals surface area (Å²) in [6.07, 6.45) is 2.27. The molecule has 2 rings (SSSR count). The van der Waals surface area contributed by atoms with Gasteiger partial charge in [-0.1, -0.05) is 27.7 Å². The summed E-state index contributed by atoms with van der Waals surface area (Å²) in [7, 11) is 0. The van der Waals surface area contributed by atoms with E-state index in [9.17, 15) is 4.79 Å². The van der Waals surface area contributed by atoms with Gasteiger partial charge in [0.1, 0.15) is 0 Å². The molecule has 1 heterocycles. The number of nitrogens with one attached hydrogen (secondary N) is 2. The van der Waals surface area contributed by atoms with E-state index in [0.29, 0.717) is 41.6 Å². The summed E-state index contributed by atoms with van der Waals surface area (Å²) >= 11 is 0. The van der Waals surface area contributed by atoms with Crippen LogP contribution < -0.4 is 11.1 Å². The molecule has 1 aromatic heterocycles. The molecule has 0 bridgehead atoms. The van der Waals surface area contributed by atoms with Crippen LogP contribution in [0.3, 0.4) is 0 Å². The van der Waals surface area contributed by atoms with Gasteiger partial charge in [0.15, 0.2) is 5.69 Å². The van der Waals surface area contributed by atoms with Crippen molar-refractivity contribution in [3.8, 4) is 0 Å². The van der Waals surface area contributed by atoms with E-state index in [1.165, 1.54) is 0 Å². The molecule has 1 aromatic rings. The second-order valence-corrected chi connectivity index (χ2v) is 6.54. The van der Waals surface area contributed by atoms with Crippen LogP contribution in [0.2, 0.25) is 0 Å². The van der Waals surface area contributed by atoms with Crippen molar-refractivity contribution in [3.63, 3.8) is 0 Å². The highest BCUT2D eigenvalue weighted by atomic mass is 16.1. The van der Waals surface area contributed by atoms with Crippen LogP contribution in [-0.4, -0.2) is 22.6 Å². The Kier molecular flexibility index (Phi) is 4.35. The minimum atomic E-state index is -0.169. The zero-order chi connectivity index (χ0) is 14.9. The molecule has 0 spiro atoms. The van der Waals surface area contributed by atoms with Gasteiger partial charge in [0.2, 0.25) is 0 Å². The van der Waals surface area contributed by atoms with Crippen molar-refractivity contribution >= 4 is 11.6 Å². The highest BCUT2D eigenvalue weighted by molar-refractivity contribution is 5.97. The van der Waals surface area contributed by atoms with Crippen molar-refractivity contribution < 1.29 is 4.79 Å². The zero-order valence-corrected chi connectivity index (χ0v) is 12.9. The van der Waals surface area contributed by atoms with Crippen molar-refractivity contribution in [1.29, 1.82) is 0 Å². The summed E-state index contributed by atoms with van der Waals surface area (Å²) in [5.74, 6) is 1.84. The summed E-state index contributed by atoms with van der Waals surface area (Å²) in [5.41, 5.74) is 7.82.